The van der Waals surface area contributed by atoms with Crippen LogP contribution >= 0.6 is 0 Å². The van der Waals surface area contributed by atoms with E-state index in [2.05, 4.69) is 17.6 Å². The summed E-state index contributed by atoms with van der Waals surface area (Å²) in [5.74, 6) is 1.78. The van der Waals surface area contributed by atoms with Crippen molar-refractivity contribution in [1.29, 1.82) is 0 Å². The Morgan fingerprint density at radius 1 is 1.09 bits per heavy atom. The topological polar surface area (TPSA) is 45.7 Å². The van der Waals surface area contributed by atoms with Crippen LogP contribution in [0.25, 0.3) is 0 Å². The molecule has 4 fully saturated rings. The first-order valence-corrected chi connectivity index (χ1v) is 9.52. The van der Waals surface area contributed by atoms with Crippen molar-refractivity contribution in [2.24, 2.45) is 16.3 Å². The van der Waals surface area contributed by atoms with Gasteiger partial charge in [-0.1, -0.05) is 25.7 Å². The Morgan fingerprint density at radius 2 is 1.91 bits per heavy atom. The minimum absolute atomic E-state index is 0.434. The van der Waals surface area contributed by atoms with E-state index in [0.717, 1.165) is 25.0 Å². The highest BCUT2D eigenvalue weighted by molar-refractivity contribution is 5.80. The summed E-state index contributed by atoms with van der Waals surface area (Å²) in [4.78, 5) is 4.73. The zero-order valence-electron chi connectivity index (χ0n) is 13.9. The molecule has 3 unspecified atom stereocenters. The van der Waals surface area contributed by atoms with Gasteiger partial charge < -0.3 is 15.4 Å². The summed E-state index contributed by atoms with van der Waals surface area (Å²) >= 11 is 0. The lowest BCUT2D eigenvalue weighted by atomic mass is 9.46. The molecule has 0 bridgehead atoms. The second-order valence-electron chi connectivity index (χ2n) is 7.75. The van der Waals surface area contributed by atoms with Crippen LogP contribution in [-0.2, 0) is 4.74 Å². The molecule has 3 aliphatic carbocycles. The SMILES string of the molecule is CCN=C(NC1CCCCC1)NC1C2CCOC2C12CCC2. The summed E-state index contributed by atoms with van der Waals surface area (Å²) in [6.07, 6.45) is 12.6. The van der Waals surface area contributed by atoms with Crippen LogP contribution in [0.5, 0.6) is 0 Å². The van der Waals surface area contributed by atoms with Crippen LogP contribution in [0.4, 0.5) is 0 Å². The number of nitrogens with zero attached hydrogens (tertiary/aromatic N) is 1. The number of rotatable bonds is 3. The van der Waals surface area contributed by atoms with Crippen LogP contribution < -0.4 is 10.6 Å². The molecule has 1 spiro atoms. The molecule has 1 aliphatic heterocycles. The van der Waals surface area contributed by atoms with Gasteiger partial charge in [0.15, 0.2) is 5.96 Å². The molecule has 1 saturated heterocycles. The maximum atomic E-state index is 6.03. The number of hydrogen-bond acceptors (Lipinski definition) is 2. The summed E-state index contributed by atoms with van der Waals surface area (Å²) < 4.78 is 6.03. The van der Waals surface area contributed by atoms with Gasteiger partial charge in [-0.15, -0.1) is 0 Å². The van der Waals surface area contributed by atoms with Gasteiger partial charge in [0.1, 0.15) is 0 Å². The van der Waals surface area contributed by atoms with Gasteiger partial charge in [-0.25, -0.2) is 0 Å². The van der Waals surface area contributed by atoms with Gasteiger partial charge in [0.2, 0.25) is 0 Å². The largest absolute Gasteiger partial charge is 0.377 e. The van der Waals surface area contributed by atoms with E-state index in [1.807, 2.05) is 0 Å². The van der Waals surface area contributed by atoms with E-state index in [9.17, 15) is 0 Å². The number of guanidine groups is 1. The molecule has 4 heteroatoms. The average molecular weight is 305 g/mol. The van der Waals surface area contributed by atoms with Gasteiger partial charge in [0, 0.05) is 36.6 Å². The van der Waals surface area contributed by atoms with Crippen molar-refractivity contribution in [3.05, 3.63) is 0 Å². The Hall–Kier alpha value is -0.770. The lowest BCUT2D eigenvalue weighted by Crippen LogP contribution is -2.72. The monoisotopic (exact) mass is 305 g/mol. The Bertz CT molecular complexity index is 426. The average Bonchev–Trinajstić information content (AvgIpc) is 2.89. The Balaban J connectivity index is 1.41. The standard InChI is InChI=1S/C18H31N3O/c1-2-19-17(20-13-7-4-3-5-8-13)21-15-14-9-12-22-16(14)18(15)10-6-11-18/h13-16H,2-12H2,1H3,(H2,19,20,21). The summed E-state index contributed by atoms with van der Waals surface area (Å²) in [5.41, 5.74) is 0.434. The van der Waals surface area contributed by atoms with Crippen molar-refractivity contribution in [3.8, 4) is 0 Å². The minimum atomic E-state index is 0.434. The first-order valence-electron chi connectivity index (χ1n) is 9.52. The molecule has 4 rings (SSSR count). The molecular formula is C18H31N3O. The van der Waals surface area contributed by atoms with Crippen LogP contribution in [0.2, 0.25) is 0 Å². The number of fused-ring (bicyclic) bond motifs is 2. The Kier molecular flexibility index (Phi) is 4.05. The minimum Gasteiger partial charge on any atom is -0.377 e. The first-order chi connectivity index (χ1) is 10.8. The van der Waals surface area contributed by atoms with E-state index in [4.69, 9.17) is 9.73 Å². The Morgan fingerprint density at radius 3 is 2.59 bits per heavy atom. The maximum Gasteiger partial charge on any atom is 0.191 e. The Labute approximate surface area is 134 Å². The highest BCUT2D eigenvalue weighted by Crippen LogP contribution is 2.62. The zero-order valence-corrected chi connectivity index (χ0v) is 13.9. The van der Waals surface area contributed by atoms with Crippen molar-refractivity contribution < 1.29 is 4.74 Å². The molecule has 4 nitrogen and oxygen atoms in total. The molecule has 1 heterocycles. The highest BCUT2D eigenvalue weighted by Gasteiger charge is 2.66. The third-order valence-electron chi connectivity index (χ3n) is 6.59. The fourth-order valence-electron chi connectivity index (χ4n) is 5.33. The van der Waals surface area contributed by atoms with Crippen molar-refractivity contribution in [3.63, 3.8) is 0 Å². The number of hydrogen-bond donors (Lipinski definition) is 2. The van der Waals surface area contributed by atoms with Gasteiger partial charge in [-0.2, -0.15) is 0 Å². The van der Waals surface area contributed by atoms with Crippen LogP contribution in [0.3, 0.4) is 0 Å². The molecule has 124 valence electrons. The molecule has 3 atom stereocenters. The van der Waals surface area contributed by atoms with Gasteiger partial charge in [-0.3, -0.25) is 4.99 Å². The fourth-order valence-corrected chi connectivity index (χ4v) is 5.33. The normalized spacial score (nSPS) is 37.3. The fraction of sp³-hybridized carbons (Fsp3) is 0.944. The summed E-state index contributed by atoms with van der Waals surface area (Å²) in [6, 6.07) is 1.22. The molecule has 22 heavy (non-hydrogen) atoms. The van der Waals surface area contributed by atoms with Crippen molar-refractivity contribution in [2.45, 2.75) is 82.9 Å². The van der Waals surface area contributed by atoms with E-state index in [1.54, 1.807) is 0 Å². The van der Waals surface area contributed by atoms with E-state index in [-0.39, 0.29) is 0 Å². The molecule has 4 aliphatic rings. The van der Waals surface area contributed by atoms with Crippen LogP contribution in [-0.4, -0.2) is 37.3 Å². The summed E-state index contributed by atoms with van der Waals surface area (Å²) in [6.45, 7) is 3.95. The highest BCUT2D eigenvalue weighted by atomic mass is 16.5. The van der Waals surface area contributed by atoms with E-state index < -0.39 is 0 Å². The molecule has 0 radical (unpaired) electrons. The molecular weight excluding hydrogens is 274 g/mol. The lowest BCUT2D eigenvalue weighted by Gasteiger charge is -2.63. The molecule has 0 amide bonds. The number of ether oxygens (including phenoxy) is 1. The van der Waals surface area contributed by atoms with Crippen molar-refractivity contribution >= 4 is 5.96 Å². The molecule has 0 aromatic heterocycles. The lowest BCUT2D eigenvalue weighted by molar-refractivity contribution is -0.171. The molecule has 0 aromatic rings. The maximum absolute atomic E-state index is 6.03. The first kappa shape index (κ1) is 14.8. The van der Waals surface area contributed by atoms with Gasteiger partial charge in [-0.05, 0) is 39.0 Å². The third kappa shape index (κ3) is 2.34. The van der Waals surface area contributed by atoms with E-state index in [0.29, 0.717) is 23.6 Å². The van der Waals surface area contributed by atoms with Crippen LogP contribution in [0.1, 0.15) is 64.7 Å². The van der Waals surface area contributed by atoms with E-state index in [1.165, 1.54) is 57.8 Å². The van der Waals surface area contributed by atoms with Gasteiger partial charge in [0.25, 0.3) is 0 Å². The molecule has 3 saturated carbocycles. The second kappa shape index (κ2) is 6.03. The smallest absolute Gasteiger partial charge is 0.191 e. The van der Waals surface area contributed by atoms with E-state index >= 15 is 0 Å². The predicted molar refractivity (Wildman–Crippen MR) is 89.0 cm³/mol. The quantitative estimate of drug-likeness (QED) is 0.622. The molecule has 0 aromatic carbocycles. The predicted octanol–water partition coefficient (Wildman–Crippen LogP) is 2.83. The van der Waals surface area contributed by atoms with Crippen LogP contribution in [0, 0.1) is 11.3 Å². The van der Waals surface area contributed by atoms with Gasteiger partial charge >= 0.3 is 0 Å². The summed E-state index contributed by atoms with van der Waals surface area (Å²) in [7, 11) is 0. The zero-order chi connectivity index (χ0) is 15.0. The number of nitrogens with one attached hydrogen (secondary N) is 2. The summed E-state index contributed by atoms with van der Waals surface area (Å²) in [5, 5.41) is 7.54. The molecule has 2 N–H and O–H groups in total. The third-order valence-corrected chi connectivity index (χ3v) is 6.59. The van der Waals surface area contributed by atoms with Crippen molar-refractivity contribution in [1.82, 2.24) is 10.6 Å². The van der Waals surface area contributed by atoms with Gasteiger partial charge in [0.05, 0.1) is 6.10 Å². The van der Waals surface area contributed by atoms with Crippen molar-refractivity contribution in [2.75, 3.05) is 13.2 Å². The van der Waals surface area contributed by atoms with Crippen LogP contribution in [0.15, 0.2) is 4.99 Å². The second-order valence-corrected chi connectivity index (χ2v) is 7.75. The number of aliphatic imine (C=N–C) groups is 1.